The molecule has 0 aliphatic heterocycles. The van der Waals surface area contributed by atoms with Gasteiger partial charge in [0.25, 0.3) is 0 Å². The van der Waals surface area contributed by atoms with Gasteiger partial charge in [-0.15, -0.1) is 0 Å². The largest absolute Gasteiger partial charge is 0.330 e. The van der Waals surface area contributed by atoms with Crippen molar-refractivity contribution in [3.8, 4) is 0 Å². The predicted molar refractivity (Wildman–Crippen MR) is 64.7 cm³/mol. The number of rotatable bonds is 5. The van der Waals surface area contributed by atoms with Crippen LogP contribution >= 0.6 is 0 Å². The molecule has 2 heteroatoms. The van der Waals surface area contributed by atoms with E-state index in [1.165, 1.54) is 51.6 Å². The molecule has 0 spiro atoms. The van der Waals surface area contributed by atoms with Gasteiger partial charge in [-0.2, -0.15) is 0 Å². The molecule has 2 rings (SSSR count). The fourth-order valence-electron chi connectivity index (χ4n) is 3.05. The third kappa shape index (κ3) is 3.46. The molecule has 88 valence electrons. The SMILES string of the molecule is CN(CC1CC1)CC1CCCCC1CN. The highest BCUT2D eigenvalue weighted by atomic mass is 15.1. The first-order chi connectivity index (χ1) is 7.29. The molecule has 0 saturated heterocycles. The average Bonchev–Trinajstić information content (AvgIpc) is 3.02. The van der Waals surface area contributed by atoms with Crippen LogP contribution in [0.4, 0.5) is 0 Å². The van der Waals surface area contributed by atoms with Crippen LogP contribution < -0.4 is 5.73 Å². The third-order valence-corrected chi connectivity index (χ3v) is 4.18. The Morgan fingerprint density at radius 3 is 2.27 bits per heavy atom. The van der Waals surface area contributed by atoms with Gasteiger partial charge in [0.15, 0.2) is 0 Å². The van der Waals surface area contributed by atoms with E-state index in [0.29, 0.717) is 0 Å². The summed E-state index contributed by atoms with van der Waals surface area (Å²) < 4.78 is 0. The zero-order valence-electron chi connectivity index (χ0n) is 10.1. The highest BCUT2D eigenvalue weighted by Gasteiger charge is 2.27. The molecule has 2 aliphatic carbocycles. The maximum atomic E-state index is 5.86. The van der Waals surface area contributed by atoms with Gasteiger partial charge in [-0.1, -0.05) is 12.8 Å². The minimum atomic E-state index is 0.806. The van der Waals surface area contributed by atoms with Crippen LogP contribution in [0.15, 0.2) is 0 Å². The Bertz CT molecular complexity index is 189. The lowest BCUT2D eigenvalue weighted by Crippen LogP contribution is -2.36. The van der Waals surface area contributed by atoms with Crippen LogP contribution in [0.3, 0.4) is 0 Å². The van der Waals surface area contributed by atoms with Gasteiger partial charge < -0.3 is 10.6 Å². The number of nitrogens with zero attached hydrogens (tertiary/aromatic N) is 1. The first-order valence-electron chi connectivity index (χ1n) is 6.68. The van der Waals surface area contributed by atoms with Crippen molar-refractivity contribution in [3.63, 3.8) is 0 Å². The molecular formula is C13H26N2. The summed E-state index contributed by atoms with van der Waals surface area (Å²) >= 11 is 0. The number of hydrogen-bond acceptors (Lipinski definition) is 2. The fourth-order valence-corrected chi connectivity index (χ4v) is 3.05. The Morgan fingerprint density at radius 2 is 1.67 bits per heavy atom. The third-order valence-electron chi connectivity index (χ3n) is 4.18. The molecule has 2 fully saturated rings. The fraction of sp³-hybridized carbons (Fsp3) is 1.00. The van der Waals surface area contributed by atoms with E-state index in [4.69, 9.17) is 5.73 Å². The van der Waals surface area contributed by atoms with Crippen LogP contribution in [0.1, 0.15) is 38.5 Å². The molecule has 0 aromatic rings. The summed E-state index contributed by atoms with van der Waals surface area (Å²) in [6.45, 7) is 3.52. The van der Waals surface area contributed by atoms with Gasteiger partial charge in [0.2, 0.25) is 0 Å². The van der Waals surface area contributed by atoms with Gasteiger partial charge in [0, 0.05) is 13.1 Å². The van der Waals surface area contributed by atoms with Crippen molar-refractivity contribution in [2.75, 3.05) is 26.7 Å². The Balaban J connectivity index is 1.74. The van der Waals surface area contributed by atoms with E-state index in [9.17, 15) is 0 Å². The average molecular weight is 210 g/mol. The molecule has 2 nitrogen and oxygen atoms in total. The van der Waals surface area contributed by atoms with Crippen molar-refractivity contribution < 1.29 is 0 Å². The number of nitrogens with two attached hydrogens (primary N) is 1. The van der Waals surface area contributed by atoms with E-state index in [1.54, 1.807) is 0 Å². The zero-order valence-corrected chi connectivity index (χ0v) is 10.1. The van der Waals surface area contributed by atoms with Crippen LogP contribution in [0.25, 0.3) is 0 Å². The van der Waals surface area contributed by atoms with Crippen molar-refractivity contribution >= 4 is 0 Å². The normalized spacial score (nSPS) is 32.2. The first-order valence-corrected chi connectivity index (χ1v) is 6.68. The second kappa shape index (κ2) is 5.31. The Labute approximate surface area is 94.2 Å². The minimum absolute atomic E-state index is 0.806. The number of hydrogen-bond donors (Lipinski definition) is 1. The van der Waals surface area contributed by atoms with Crippen LogP contribution in [-0.4, -0.2) is 31.6 Å². The van der Waals surface area contributed by atoms with Gasteiger partial charge in [0.05, 0.1) is 0 Å². The molecule has 0 heterocycles. The molecule has 2 N–H and O–H groups in total. The summed E-state index contributed by atoms with van der Waals surface area (Å²) in [6.07, 6.45) is 8.56. The smallest absolute Gasteiger partial charge is 0.000985 e. The minimum Gasteiger partial charge on any atom is -0.330 e. The molecule has 2 aliphatic rings. The van der Waals surface area contributed by atoms with E-state index in [0.717, 1.165) is 24.3 Å². The zero-order chi connectivity index (χ0) is 10.7. The van der Waals surface area contributed by atoms with Crippen molar-refractivity contribution in [1.29, 1.82) is 0 Å². The van der Waals surface area contributed by atoms with E-state index in [2.05, 4.69) is 11.9 Å². The van der Waals surface area contributed by atoms with Crippen LogP contribution in [-0.2, 0) is 0 Å². The van der Waals surface area contributed by atoms with E-state index < -0.39 is 0 Å². The molecule has 0 aromatic carbocycles. The van der Waals surface area contributed by atoms with Gasteiger partial charge in [-0.05, 0) is 57.0 Å². The van der Waals surface area contributed by atoms with Gasteiger partial charge in [0.1, 0.15) is 0 Å². The summed E-state index contributed by atoms with van der Waals surface area (Å²) in [4.78, 5) is 2.55. The van der Waals surface area contributed by atoms with Crippen molar-refractivity contribution in [2.45, 2.75) is 38.5 Å². The molecule has 2 atom stereocenters. The Hall–Kier alpha value is -0.0800. The molecule has 0 radical (unpaired) electrons. The standard InChI is InChI=1S/C13H26N2/c1-15(9-11-6-7-11)10-13-5-3-2-4-12(13)8-14/h11-13H,2-10,14H2,1H3. The summed E-state index contributed by atoms with van der Waals surface area (Å²) in [6, 6.07) is 0. The highest BCUT2D eigenvalue weighted by molar-refractivity contribution is 4.81. The molecule has 15 heavy (non-hydrogen) atoms. The van der Waals surface area contributed by atoms with E-state index in [-0.39, 0.29) is 0 Å². The summed E-state index contributed by atoms with van der Waals surface area (Å²) in [7, 11) is 2.29. The van der Waals surface area contributed by atoms with Crippen LogP contribution in [0.2, 0.25) is 0 Å². The Kier molecular flexibility index (Phi) is 4.04. The summed E-state index contributed by atoms with van der Waals surface area (Å²) in [5, 5.41) is 0. The topological polar surface area (TPSA) is 29.3 Å². The quantitative estimate of drug-likeness (QED) is 0.753. The molecule has 0 aromatic heterocycles. The van der Waals surface area contributed by atoms with Crippen LogP contribution in [0.5, 0.6) is 0 Å². The van der Waals surface area contributed by atoms with Gasteiger partial charge in [-0.25, -0.2) is 0 Å². The summed E-state index contributed by atoms with van der Waals surface area (Å²) in [5.74, 6) is 2.71. The summed E-state index contributed by atoms with van der Waals surface area (Å²) in [5.41, 5.74) is 5.86. The van der Waals surface area contributed by atoms with Gasteiger partial charge >= 0.3 is 0 Å². The first kappa shape index (κ1) is 11.4. The molecular weight excluding hydrogens is 184 g/mol. The molecule has 0 amide bonds. The second-order valence-electron chi connectivity index (χ2n) is 5.70. The maximum Gasteiger partial charge on any atom is 0.000985 e. The lowest BCUT2D eigenvalue weighted by molar-refractivity contribution is 0.170. The van der Waals surface area contributed by atoms with Crippen molar-refractivity contribution in [2.24, 2.45) is 23.5 Å². The molecule has 2 saturated carbocycles. The van der Waals surface area contributed by atoms with Crippen molar-refractivity contribution in [3.05, 3.63) is 0 Å². The lowest BCUT2D eigenvalue weighted by Gasteiger charge is -2.33. The molecule has 2 unspecified atom stereocenters. The van der Waals surface area contributed by atoms with Crippen molar-refractivity contribution in [1.82, 2.24) is 4.90 Å². The predicted octanol–water partition coefficient (Wildman–Crippen LogP) is 2.09. The van der Waals surface area contributed by atoms with E-state index in [1.807, 2.05) is 0 Å². The maximum absolute atomic E-state index is 5.86. The highest BCUT2D eigenvalue weighted by Crippen LogP contribution is 2.32. The monoisotopic (exact) mass is 210 g/mol. The Morgan fingerprint density at radius 1 is 1.00 bits per heavy atom. The molecule has 0 bridgehead atoms. The van der Waals surface area contributed by atoms with E-state index >= 15 is 0 Å². The second-order valence-corrected chi connectivity index (χ2v) is 5.70. The van der Waals surface area contributed by atoms with Gasteiger partial charge in [-0.3, -0.25) is 0 Å². The van der Waals surface area contributed by atoms with Crippen LogP contribution in [0, 0.1) is 17.8 Å². The lowest BCUT2D eigenvalue weighted by atomic mass is 9.79.